The van der Waals surface area contributed by atoms with Gasteiger partial charge >= 0.3 is 12.1 Å². The van der Waals surface area contributed by atoms with Gasteiger partial charge in [-0.2, -0.15) is 0 Å². The average Bonchev–Trinajstić information content (AvgIpc) is 2.48. The molecule has 0 aromatic heterocycles. The summed E-state index contributed by atoms with van der Waals surface area (Å²) in [7, 11) is 0. The molecule has 0 aromatic carbocycles. The number of carboxylic acids is 1. The summed E-state index contributed by atoms with van der Waals surface area (Å²) in [4.78, 5) is 22.3. The molecule has 1 rings (SSSR count). The van der Waals surface area contributed by atoms with Gasteiger partial charge in [0.05, 0.1) is 10.9 Å². The van der Waals surface area contributed by atoms with Gasteiger partial charge in [0.15, 0.2) is 0 Å². The van der Waals surface area contributed by atoms with Crippen molar-refractivity contribution in [1.29, 1.82) is 0 Å². The number of carbonyl (C=O) groups is 2. The molecule has 0 spiro atoms. The van der Waals surface area contributed by atoms with E-state index in [4.69, 9.17) is 9.84 Å². The smallest absolute Gasteiger partial charge is 0.408 e. The molecule has 2 N–H and O–H groups in total. The van der Waals surface area contributed by atoms with Crippen molar-refractivity contribution < 1.29 is 19.4 Å². The van der Waals surface area contributed by atoms with E-state index in [1.54, 1.807) is 20.8 Å². The van der Waals surface area contributed by atoms with Gasteiger partial charge in [-0.3, -0.25) is 0 Å². The highest BCUT2D eigenvalue weighted by molar-refractivity contribution is 8.04. The molecular formula is C10H15NO4S. The largest absolute Gasteiger partial charge is 0.477 e. The average molecular weight is 245 g/mol. The Hall–Kier alpha value is -1.17. The highest BCUT2D eigenvalue weighted by atomic mass is 32.2. The summed E-state index contributed by atoms with van der Waals surface area (Å²) in [6, 6.07) is -0.272. The fourth-order valence-corrected chi connectivity index (χ4v) is 2.06. The van der Waals surface area contributed by atoms with Crippen LogP contribution in [0.5, 0.6) is 0 Å². The quantitative estimate of drug-likeness (QED) is 0.772. The van der Waals surface area contributed by atoms with Crippen molar-refractivity contribution in [1.82, 2.24) is 5.32 Å². The van der Waals surface area contributed by atoms with Crippen molar-refractivity contribution in [2.24, 2.45) is 0 Å². The number of hydrogen-bond acceptors (Lipinski definition) is 4. The SMILES string of the molecule is CC(C)(C)OC(=O)N[C@H]1C=C(C(=O)O)SC1. The Labute approximate surface area is 98.2 Å². The normalized spacial score (nSPS) is 20.2. The summed E-state index contributed by atoms with van der Waals surface area (Å²) >= 11 is 1.21. The zero-order valence-corrected chi connectivity index (χ0v) is 10.3. The second-order valence-corrected chi connectivity index (χ2v) is 5.46. The maximum absolute atomic E-state index is 11.4. The number of rotatable bonds is 2. The van der Waals surface area contributed by atoms with E-state index >= 15 is 0 Å². The van der Waals surface area contributed by atoms with E-state index in [0.717, 1.165) is 0 Å². The third-order valence-electron chi connectivity index (χ3n) is 1.68. The molecule has 0 unspecified atom stereocenters. The summed E-state index contributed by atoms with van der Waals surface area (Å²) in [6.07, 6.45) is 0.998. The predicted octanol–water partition coefficient (Wildman–Crippen LogP) is 1.59. The van der Waals surface area contributed by atoms with Crippen LogP contribution in [0.1, 0.15) is 20.8 Å². The Morgan fingerprint density at radius 2 is 2.19 bits per heavy atom. The lowest BCUT2D eigenvalue weighted by molar-refractivity contribution is -0.131. The Bertz CT molecular complexity index is 332. The zero-order valence-electron chi connectivity index (χ0n) is 9.44. The van der Waals surface area contributed by atoms with Crippen molar-refractivity contribution in [3.05, 3.63) is 11.0 Å². The van der Waals surface area contributed by atoms with Crippen LogP contribution in [0.4, 0.5) is 4.79 Å². The minimum atomic E-state index is -0.960. The lowest BCUT2D eigenvalue weighted by Gasteiger charge is -2.21. The van der Waals surface area contributed by atoms with E-state index in [1.165, 1.54) is 17.8 Å². The van der Waals surface area contributed by atoms with Crippen LogP contribution in [0.25, 0.3) is 0 Å². The maximum atomic E-state index is 11.4. The molecule has 1 atom stereocenters. The Morgan fingerprint density at radius 1 is 1.56 bits per heavy atom. The van der Waals surface area contributed by atoms with Crippen molar-refractivity contribution in [3.8, 4) is 0 Å². The van der Waals surface area contributed by atoms with E-state index < -0.39 is 17.7 Å². The van der Waals surface area contributed by atoms with Gasteiger partial charge in [-0.25, -0.2) is 9.59 Å². The van der Waals surface area contributed by atoms with Gasteiger partial charge in [-0.05, 0) is 26.8 Å². The molecule has 0 aliphatic carbocycles. The number of thioether (sulfide) groups is 1. The number of aliphatic carboxylic acids is 1. The molecule has 1 heterocycles. The minimum absolute atomic E-state index is 0.265. The first-order valence-electron chi connectivity index (χ1n) is 4.85. The molecule has 1 aliphatic rings. The van der Waals surface area contributed by atoms with E-state index in [1.807, 2.05) is 0 Å². The molecular weight excluding hydrogens is 230 g/mol. The van der Waals surface area contributed by atoms with Crippen LogP contribution in [0, 0.1) is 0 Å². The fourth-order valence-electron chi connectivity index (χ4n) is 1.13. The number of amides is 1. The Kier molecular flexibility index (Phi) is 3.85. The van der Waals surface area contributed by atoms with Gasteiger partial charge in [0.2, 0.25) is 0 Å². The second-order valence-electron chi connectivity index (χ2n) is 4.40. The van der Waals surface area contributed by atoms with Gasteiger partial charge in [-0.15, -0.1) is 11.8 Å². The van der Waals surface area contributed by atoms with Gasteiger partial charge in [-0.1, -0.05) is 0 Å². The summed E-state index contributed by atoms with van der Waals surface area (Å²) in [6.45, 7) is 5.32. The summed E-state index contributed by atoms with van der Waals surface area (Å²) in [5.41, 5.74) is -0.546. The first-order chi connectivity index (χ1) is 7.28. The molecule has 5 nitrogen and oxygen atoms in total. The van der Waals surface area contributed by atoms with Gasteiger partial charge in [0, 0.05) is 5.75 Å². The summed E-state index contributed by atoms with van der Waals surface area (Å²) in [5.74, 6) is -0.431. The Morgan fingerprint density at radius 3 is 2.62 bits per heavy atom. The molecule has 1 amide bonds. The first-order valence-corrected chi connectivity index (χ1v) is 5.84. The number of carbonyl (C=O) groups excluding carboxylic acids is 1. The van der Waals surface area contributed by atoms with Crippen molar-refractivity contribution in [3.63, 3.8) is 0 Å². The summed E-state index contributed by atoms with van der Waals surface area (Å²) in [5, 5.41) is 11.3. The van der Waals surface area contributed by atoms with Crippen molar-refractivity contribution >= 4 is 23.8 Å². The van der Waals surface area contributed by atoms with Crippen LogP contribution in [-0.2, 0) is 9.53 Å². The first kappa shape index (κ1) is 12.9. The molecule has 0 radical (unpaired) electrons. The molecule has 0 aromatic rings. The second kappa shape index (κ2) is 4.78. The molecule has 0 bridgehead atoms. The van der Waals surface area contributed by atoms with E-state index in [0.29, 0.717) is 5.75 Å². The van der Waals surface area contributed by atoms with Crippen LogP contribution < -0.4 is 5.32 Å². The molecule has 0 saturated heterocycles. The third kappa shape index (κ3) is 4.14. The number of nitrogens with one attached hydrogen (secondary N) is 1. The highest BCUT2D eigenvalue weighted by Gasteiger charge is 2.24. The van der Waals surface area contributed by atoms with Crippen molar-refractivity contribution in [2.45, 2.75) is 32.4 Å². The van der Waals surface area contributed by atoms with Crippen LogP contribution in [-0.4, -0.2) is 34.6 Å². The van der Waals surface area contributed by atoms with Crippen LogP contribution in [0.3, 0.4) is 0 Å². The van der Waals surface area contributed by atoms with Gasteiger partial charge in [0.25, 0.3) is 0 Å². The molecule has 6 heteroatoms. The predicted molar refractivity (Wildman–Crippen MR) is 61.3 cm³/mol. The van der Waals surface area contributed by atoms with Crippen LogP contribution in [0.15, 0.2) is 11.0 Å². The third-order valence-corrected chi connectivity index (χ3v) is 2.83. The number of carboxylic acid groups (broad SMARTS) is 1. The highest BCUT2D eigenvalue weighted by Crippen LogP contribution is 2.25. The van der Waals surface area contributed by atoms with Crippen LogP contribution in [0.2, 0.25) is 0 Å². The topological polar surface area (TPSA) is 75.6 Å². The fraction of sp³-hybridized carbons (Fsp3) is 0.600. The number of hydrogen-bond donors (Lipinski definition) is 2. The number of ether oxygens (including phenoxy) is 1. The molecule has 1 aliphatic heterocycles. The molecule has 0 fully saturated rings. The monoisotopic (exact) mass is 245 g/mol. The van der Waals surface area contributed by atoms with E-state index in [9.17, 15) is 9.59 Å². The maximum Gasteiger partial charge on any atom is 0.408 e. The molecule has 90 valence electrons. The van der Waals surface area contributed by atoms with E-state index in [-0.39, 0.29) is 10.9 Å². The van der Waals surface area contributed by atoms with Crippen LogP contribution >= 0.6 is 11.8 Å². The summed E-state index contributed by atoms with van der Waals surface area (Å²) < 4.78 is 5.06. The van der Waals surface area contributed by atoms with Crippen molar-refractivity contribution in [2.75, 3.05) is 5.75 Å². The lowest BCUT2D eigenvalue weighted by atomic mass is 10.2. The van der Waals surface area contributed by atoms with E-state index in [2.05, 4.69) is 5.32 Å². The van der Waals surface area contributed by atoms with Gasteiger partial charge < -0.3 is 15.2 Å². The number of alkyl carbamates (subject to hydrolysis) is 1. The van der Waals surface area contributed by atoms with Gasteiger partial charge in [0.1, 0.15) is 5.60 Å². The minimum Gasteiger partial charge on any atom is -0.477 e. The zero-order chi connectivity index (χ0) is 12.3. The lowest BCUT2D eigenvalue weighted by Crippen LogP contribution is -2.38. The molecule has 16 heavy (non-hydrogen) atoms. The molecule has 0 saturated carbocycles. The Balaban J connectivity index is 2.45. The standard InChI is InChI=1S/C10H15NO4S/c1-10(2,3)15-9(14)11-6-4-7(8(12)13)16-5-6/h4,6H,5H2,1-3H3,(H,11,14)(H,12,13)/t6-/m0/s1.